The van der Waals surface area contributed by atoms with E-state index in [0.29, 0.717) is 19.5 Å². The summed E-state index contributed by atoms with van der Waals surface area (Å²) in [5.74, 6) is 0.261. The normalized spacial score (nSPS) is 14.6. The lowest BCUT2D eigenvalue weighted by Crippen LogP contribution is -2.38. The van der Waals surface area contributed by atoms with Crippen LogP contribution < -0.4 is 4.74 Å². The van der Waals surface area contributed by atoms with E-state index in [0.717, 1.165) is 5.57 Å². The van der Waals surface area contributed by atoms with Crippen LogP contribution in [-0.4, -0.2) is 42.3 Å². The van der Waals surface area contributed by atoms with Crippen LogP contribution in [0.4, 0.5) is 10.5 Å². The Morgan fingerprint density at radius 2 is 2.14 bits per heavy atom. The van der Waals surface area contributed by atoms with Gasteiger partial charge in [-0.1, -0.05) is 11.2 Å². The summed E-state index contributed by atoms with van der Waals surface area (Å²) in [6.07, 6.45) is 3.70. The van der Waals surface area contributed by atoms with Gasteiger partial charge in [-0.2, -0.15) is 0 Å². The van der Waals surface area contributed by atoms with Gasteiger partial charge < -0.3 is 14.5 Å². The first-order valence-corrected chi connectivity index (χ1v) is 6.57. The molecule has 0 saturated heterocycles. The number of nitrogens with zero attached hydrogens (tertiary/aromatic N) is 3. The molecule has 0 aliphatic carbocycles. The van der Waals surface area contributed by atoms with E-state index in [-0.39, 0.29) is 11.4 Å². The molecule has 8 nitrogen and oxygen atoms in total. The summed E-state index contributed by atoms with van der Waals surface area (Å²) < 4.78 is 5.20. The van der Waals surface area contributed by atoms with Crippen LogP contribution in [0.5, 0.6) is 5.75 Å². The molecule has 0 unspecified atom stereocenters. The molecule has 22 heavy (non-hydrogen) atoms. The molecule has 1 heterocycles. The summed E-state index contributed by atoms with van der Waals surface area (Å²) in [5.41, 5.74) is 0.799. The summed E-state index contributed by atoms with van der Waals surface area (Å²) >= 11 is 0. The number of benzene rings is 1. The molecule has 1 aromatic rings. The van der Waals surface area contributed by atoms with Crippen molar-refractivity contribution in [2.24, 2.45) is 5.16 Å². The molecule has 8 heteroatoms. The number of carbonyl (C=O) groups is 1. The van der Waals surface area contributed by atoms with Crippen LogP contribution in [0, 0.1) is 10.1 Å². The first kappa shape index (κ1) is 15.5. The minimum atomic E-state index is -0.511. The zero-order valence-corrected chi connectivity index (χ0v) is 12.0. The number of nitro groups is 1. The lowest BCUT2D eigenvalue weighted by molar-refractivity contribution is -0.384. The number of ether oxygens (including phenoxy) is 1. The highest BCUT2D eigenvalue weighted by molar-refractivity contribution is 5.81. The van der Waals surface area contributed by atoms with Gasteiger partial charge in [0.1, 0.15) is 12.9 Å². The van der Waals surface area contributed by atoms with Gasteiger partial charge in [-0.15, -0.1) is 0 Å². The van der Waals surface area contributed by atoms with E-state index in [4.69, 9.17) is 4.74 Å². The molecule has 2 rings (SSSR count). The summed E-state index contributed by atoms with van der Waals surface area (Å²) in [5, 5.41) is 14.2. The lowest BCUT2D eigenvalue weighted by atomic mass is 10.1. The molecule has 0 saturated carbocycles. The van der Waals surface area contributed by atoms with Crippen molar-refractivity contribution in [3.8, 4) is 5.75 Å². The maximum atomic E-state index is 12.1. The molecule has 0 fully saturated rings. The predicted molar refractivity (Wildman–Crippen MR) is 78.9 cm³/mol. The topological polar surface area (TPSA) is 94.3 Å². The number of nitro benzene ring substituents is 1. The Morgan fingerprint density at radius 1 is 1.41 bits per heavy atom. The third-order valence-corrected chi connectivity index (χ3v) is 3.01. The fourth-order valence-corrected chi connectivity index (χ4v) is 1.94. The highest BCUT2D eigenvalue weighted by Gasteiger charge is 2.19. The molecule has 0 aromatic heterocycles. The van der Waals surface area contributed by atoms with Gasteiger partial charge >= 0.3 is 6.09 Å². The summed E-state index contributed by atoms with van der Waals surface area (Å²) in [4.78, 5) is 28.3. The Hall–Kier alpha value is -2.90. The SMILES string of the molecule is CON=CC1=CCCN(C(=O)Oc2ccc([N+](=O)[O-])cc2)C1. The number of hydrogen-bond acceptors (Lipinski definition) is 6. The third-order valence-electron chi connectivity index (χ3n) is 3.01. The van der Waals surface area contributed by atoms with Crippen molar-refractivity contribution in [3.05, 3.63) is 46.0 Å². The molecule has 116 valence electrons. The van der Waals surface area contributed by atoms with Crippen molar-refractivity contribution in [1.29, 1.82) is 0 Å². The summed E-state index contributed by atoms with van der Waals surface area (Å²) in [6, 6.07) is 5.36. The van der Waals surface area contributed by atoms with Crippen LogP contribution in [-0.2, 0) is 4.84 Å². The van der Waals surface area contributed by atoms with Crippen molar-refractivity contribution >= 4 is 18.0 Å². The Bertz CT molecular complexity index is 609. The van der Waals surface area contributed by atoms with Crippen LogP contribution >= 0.6 is 0 Å². The van der Waals surface area contributed by atoms with E-state index in [9.17, 15) is 14.9 Å². The number of oxime groups is 1. The van der Waals surface area contributed by atoms with Gasteiger partial charge in [-0.25, -0.2) is 4.79 Å². The van der Waals surface area contributed by atoms with Gasteiger partial charge in [0.2, 0.25) is 0 Å². The second-order valence-electron chi connectivity index (χ2n) is 4.53. The second kappa shape index (κ2) is 7.21. The first-order chi connectivity index (χ1) is 10.6. The van der Waals surface area contributed by atoms with Gasteiger partial charge in [0, 0.05) is 18.7 Å². The van der Waals surface area contributed by atoms with Crippen molar-refractivity contribution < 1.29 is 19.3 Å². The second-order valence-corrected chi connectivity index (χ2v) is 4.53. The molecule has 0 atom stereocenters. The molecule has 0 spiro atoms. The smallest absolute Gasteiger partial charge is 0.410 e. The van der Waals surface area contributed by atoms with Crippen LogP contribution in [0.2, 0.25) is 0 Å². The maximum Gasteiger partial charge on any atom is 0.415 e. The van der Waals surface area contributed by atoms with Gasteiger partial charge in [0.05, 0.1) is 17.7 Å². The first-order valence-electron chi connectivity index (χ1n) is 6.57. The van der Waals surface area contributed by atoms with Gasteiger partial charge in [-0.05, 0) is 24.1 Å². The number of hydrogen-bond donors (Lipinski definition) is 0. The number of amides is 1. The molecule has 1 aliphatic rings. The molecule has 0 N–H and O–H groups in total. The van der Waals surface area contributed by atoms with E-state index < -0.39 is 11.0 Å². The van der Waals surface area contributed by atoms with Crippen molar-refractivity contribution in [1.82, 2.24) is 4.90 Å². The molecule has 1 aliphatic heterocycles. The van der Waals surface area contributed by atoms with Crippen LogP contribution in [0.15, 0.2) is 41.1 Å². The highest BCUT2D eigenvalue weighted by Crippen LogP contribution is 2.19. The van der Waals surface area contributed by atoms with E-state index in [1.807, 2.05) is 6.08 Å². The van der Waals surface area contributed by atoms with Crippen molar-refractivity contribution in [3.63, 3.8) is 0 Å². The highest BCUT2D eigenvalue weighted by atomic mass is 16.6. The number of rotatable bonds is 4. The molecule has 1 amide bonds. The quantitative estimate of drug-likeness (QED) is 0.483. The molecule has 0 radical (unpaired) electrons. The van der Waals surface area contributed by atoms with E-state index >= 15 is 0 Å². The Balaban J connectivity index is 1.96. The monoisotopic (exact) mass is 305 g/mol. The average Bonchev–Trinajstić information content (AvgIpc) is 2.53. The molecular weight excluding hydrogens is 290 g/mol. The Labute approximate surface area is 126 Å². The molecule has 1 aromatic carbocycles. The molecule has 0 bridgehead atoms. The van der Waals surface area contributed by atoms with E-state index in [1.54, 1.807) is 6.21 Å². The van der Waals surface area contributed by atoms with Crippen LogP contribution in [0.1, 0.15) is 6.42 Å². The van der Waals surface area contributed by atoms with Crippen molar-refractivity contribution in [2.75, 3.05) is 20.2 Å². The zero-order valence-electron chi connectivity index (χ0n) is 12.0. The van der Waals surface area contributed by atoms with Gasteiger partial charge in [0.25, 0.3) is 5.69 Å². The molecular formula is C14H15N3O5. The predicted octanol–water partition coefficient (Wildman–Crippen LogP) is 2.36. The lowest BCUT2D eigenvalue weighted by Gasteiger charge is -2.25. The van der Waals surface area contributed by atoms with E-state index in [2.05, 4.69) is 9.99 Å². The standard InChI is InChI=1S/C14H15N3O5/c1-21-15-9-11-3-2-8-16(10-11)14(18)22-13-6-4-12(5-7-13)17(19)20/h3-7,9H,2,8,10H2,1H3. The van der Waals surface area contributed by atoms with Gasteiger partial charge in [0.15, 0.2) is 0 Å². The Kier molecular flexibility index (Phi) is 5.07. The minimum Gasteiger partial charge on any atom is -0.410 e. The maximum absolute atomic E-state index is 12.1. The number of carbonyl (C=O) groups excluding carboxylic acids is 1. The summed E-state index contributed by atoms with van der Waals surface area (Å²) in [7, 11) is 1.44. The Morgan fingerprint density at radius 3 is 2.77 bits per heavy atom. The zero-order chi connectivity index (χ0) is 15.9. The summed E-state index contributed by atoms with van der Waals surface area (Å²) in [6.45, 7) is 0.912. The van der Waals surface area contributed by atoms with Gasteiger partial charge in [-0.3, -0.25) is 10.1 Å². The van der Waals surface area contributed by atoms with E-state index in [1.165, 1.54) is 36.3 Å². The fourth-order valence-electron chi connectivity index (χ4n) is 1.94. The minimum absolute atomic E-state index is 0.0567. The average molecular weight is 305 g/mol. The largest absolute Gasteiger partial charge is 0.415 e. The van der Waals surface area contributed by atoms with Crippen molar-refractivity contribution in [2.45, 2.75) is 6.42 Å². The fraction of sp³-hybridized carbons (Fsp3) is 0.286. The number of non-ortho nitro benzene ring substituents is 1. The van der Waals surface area contributed by atoms with Crippen LogP contribution in [0.25, 0.3) is 0 Å². The van der Waals surface area contributed by atoms with Crippen LogP contribution in [0.3, 0.4) is 0 Å². The third kappa shape index (κ3) is 4.05.